The first-order chi connectivity index (χ1) is 15.6. The highest BCUT2D eigenvalue weighted by atomic mass is 127. The standard InChI is InChI=1S/C23H33FN6O2.HI/c1-3-25-23(28-18-8-10-30(16-18)22-19(24)5-4-9-26-22)27-15-20(21-7-6-17(2)32-21)29-11-13-31-14-12-29;/h4-7,9,18,20H,3,8,10-16H2,1-2H3,(H2,25,27,28);1H. The quantitative estimate of drug-likeness (QED) is 0.300. The Bertz CT molecular complexity index is 905. The highest BCUT2D eigenvalue weighted by Gasteiger charge is 2.27. The van der Waals surface area contributed by atoms with Gasteiger partial charge >= 0.3 is 0 Å². The molecule has 0 bridgehead atoms. The number of aliphatic imine (C=N–C) groups is 1. The van der Waals surface area contributed by atoms with Crippen molar-refractivity contribution in [3.05, 3.63) is 47.8 Å². The van der Waals surface area contributed by atoms with Crippen LogP contribution in [0, 0.1) is 12.7 Å². The number of nitrogens with one attached hydrogen (secondary N) is 2. The van der Waals surface area contributed by atoms with Gasteiger partial charge in [0.25, 0.3) is 0 Å². The Labute approximate surface area is 212 Å². The third kappa shape index (κ3) is 6.80. The lowest BCUT2D eigenvalue weighted by Gasteiger charge is -2.32. The fraction of sp³-hybridized carbons (Fsp3) is 0.565. The van der Waals surface area contributed by atoms with Crippen LogP contribution in [0.25, 0.3) is 0 Å². The minimum Gasteiger partial charge on any atom is -0.465 e. The average Bonchev–Trinajstić information content (AvgIpc) is 3.44. The summed E-state index contributed by atoms with van der Waals surface area (Å²) in [6.45, 7) is 9.96. The van der Waals surface area contributed by atoms with Crippen molar-refractivity contribution in [1.82, 2.24) is 20.5 Å². The molecule has 2 fully saturated rings. The van der Waals surface area contributed by atoms with Gasteiger partial charge in [0.05, 0.1) is 25.8 Å². The normalized spacial score (nSPS) is 20.4. The van der Waals surface area contributed by atoms with Crippen LogP contribution < -0.4 is 15.5 Å². The van der Waals surface area contributed by atoms with E-state index in [1.165, 1.54) is 6.07 Å². The van der Waals surface area contributed by atoms with E-state index in [1.807, 2.05) is 24.0 Å². The Kier molecular flexibility index (Phi) is 9.75. The van der Waals surface area contributed by atoms with Gasteiger partial charge in [0, 0.05) is 45.0 Å². The molecule has 0 saturated carbocycles. The first kappa shape index (κ1) is 25.7. The van der Waals surface area contributed by atoms with Crippen molar-refractivity contribution in [1.29, 1.82) is 0 Å². The van der Waals surface area contributed by atoms with Gasteiger partial charge in [0.1, 0.15) is 11.5 Å². The third-order valence-corrected chi connectivity index (χ3v) is 5.91. The van der Waals surface area contributed by atoms with Crippen LogP contribution in [0.5, 0.6) is 0 Å². The first-order valence-corrected chi connectivity index (χ1v) is 11.4. The second-order valence-corrected chi connectivity index (χ2v) is 8.22. The van der Waals surface area contributed by atoms with E-state index in [9.17, 15) is 4.39 Å². The van der Waals surface area contributed by atoms with Gasteiger partial charge in [-0.15, -0.1) is 24.0 Å². The van der Waals surface area contributed by atoms with E-state index in [0.717, 1.165) is 63.3 Å². The minimum atomic E-state index is -0.282. The van der Waals surface area contributed by atoms with Crippen molar-refractivity contribution in [2.24, 2.45) is 4.99 Å². The molecule has 2 aromatic heterocycles. The Balaban J connectivity index is 0.00000306. The Morgan fingerprint density at radius 3 is 2.79 bits per heavy atom. The summed E-state index contributed by atoms with van der Waals surface area (Å²) in [7, 11) is 0. The summed E-state index contributed by atoms with van der Waals surface area (Å²) < 4.78 is 25.6. The topological polar surface area (TPSA) is 78.2 Å². The fourth-order valence-corrected chi connectivity index (χ4v) is 4.28. The van der Waals surface area contributed by atoms with E-state index < -0.39 is 0 Å². The number of aryl methyl sites for hydroxylation is 1. The van der Waals surface area contributed by atoms with Gasteiger partial charge in [-0.3, -0.25) is 9.89 Å². The summed E-state index contributed by atoms with van der Waals surface area (Å²) in [6.07, 6.45) is 2.53. The van der Waals surface area contributed by atoms with Crippen LogP contribution in [-0.2, 0) is 4.74 Å². The molecule has 2 saturated heterocycles. The molecule has 0 radical (unpaired) electrons. The van der Waals surface area contributed by atoms with Crippen LogP contribution in [-0.4, -0.2) is 74.4 Å². The van der Waals surface area contributed by atoms with E-state index in [4.69, 9.17) is 14.1 Å². The lowest BCUT2D eigenvalue weighted by Crippen LogP contribution is -2.45. The molecule has 8 nitrogen and oxygen atoms in total. The Morgan fingerprint density at radius 1 is 1.27 bits per heavy atom. The lowest BCUT2D eigenvalue weighted by molar-refractivity contribution is 0.0135. The van der Waals surface area contributed by atoms with Crippen LogP contribution in [0.15, 0.2) is 39.9 Å². The zero-order valence-electron chi connectivity index (χ0n) is 19.3. The molecule has 4 rings (SSSR count). The molecule has 2 N–H and O–H groups in total. The molecule has 0 aliphatic carbocycles. The molecular weight excluding hydrogens is 538 g/mol. The van der Waals surface area contributed by atoms with Gasteiger partial charge in [-0.1, -0.05) is 0 Å². The summed E-state index contributed by atoms with van der Waals surface area (Å²) in [5, 5.41) is 6.87. The van der Waals surface area contributed by atoms with Crippen molar-refractivity contribution >= 4 is 35.8 Å². The minimum absolute atomic E-state index is 0. The third-order valence-electron chi connectivity index (χ3n) is 5.91. The van der Waals surface area contributed by atoms with Gasteiger partial charge in [0.15, 0.2) is 17.6 Å². The molecule has 4 heterocycles. The summed E-state index contributed by atoms with van der Waals surface area (Å²) in [6, 6.07) is 7.34. The number of guanidine groups is 1. The number of ether oxygens (including phenoxy) is 1. The largest absolute Gasteiger partial charge is 0.465 e. The maximum atomic E-state index is 14.1. The molecule has 33 heavy (non-hydrogen) atoms. The van der Waals surface area contributed by atoms with Gasteiger partial charge in [0.2, 0.25) is 0 Å². The molecule has 2 unspecified atom stereocenters. The van der Waals surface area contributed by atoms with Crippen molar-refractivity contribution in [2.45, 2.75) is 32.4 Å². The van der Waals surface area contributed by atoms with Gasteiger partial charge in [-0.25, -0.2) is 9.37 Å². The number of halogens is 2. The second-order valence-electron chi connectivity index (χ2n) is 8.22. The fourth-order valence-electron chi connectivity index (χ4n) is 4.28. The van der Waals surface area contributed by atoms with Crippen LogP contribution in [0.2, 0.25) is 0 Å². The van der Waals surface area contributed by atoms with Crippen LogP contribution >= 0.6 is 24.0 Å². The number of hydrogen-bond donors (Lipinski definition) is 2. The number of anilines is 1. The molecule has 0 amide bonds. The molecule has 2 aliphatic rings. The summed E-state index contributed by atoms with van der Waals surface area (Å²) in [4.78, 5) is 13.5. The molecule has 0 spiro atoms. The highest BCUT2D eigenvalue weighted by molar-refractivity contribution is 14.0. The first-order valence-electron chi connectivity index (χ1n) is 11.4. The Hall–Kier alpha value is -1.92. The lowest BCUT2D eigenvalue weighted by atomic mass is 10.1. The summed E-state index contributed by atoms with van der Waals surface area (Å²) in [5.74, 6) is 2.74. The zero-order valence-corrected chi connectivity index (χ0v) is 21.6. The predicted octanol–water partition coefficient (Wildman–Crippen LogP) is 2.95. The summed E-state index contributed by atoms with van der Waals surface area (Å²) >= 11 is 0. The van der Waals surface area contributed by atoms with E-state index in [0.29, 0.717) is 18.9 Å². The van der Waals surface area contributed by atoms with Crippen molar-refractivity contribution in [3.8, 4) is 0 Å². The van der Waals surface area contributed by atoms with Gasteiger partial charge < -0.3 is 24.7 Å². The van der Waals surface area contributed by atoms with E-state index in [2.05, 4.69) is 27.4 Å². The number of pyridine rings is 1. The molecular formula is C23H34FIN6O2. The maximum absolute atomic E-state index is 14.1. The number of rotatable bonds is 7. The predicted molar refractivity (Wildman–Crippen MR) is 138 cm³/mol. The molecule has 2 atom stereocenters. The van der Waals surface area contributed by atoms with E-state index >= 15 is 0 Å². The highest BCUT2D eigenvalue weighted by Crippen LogP contribution is 2.25. The molecule has 2 aliphatic heterocycles. The van der Waals surface area contributed by atoms with Crippen molar-refractivity contribution in [2.75, 3.05) is 57.4 Å². The SMILES string of the molecule is CCNC(=NCC(c1ccc(C)o1)N1CCOCC1)NC1CCN(c2ncccc2F)C1.I. The summed E-state index contributed by atoms with van der Waals surface area (Å²) in [5.41, 5.74) is 0. The van der Waals surface area contributed by atoms with E-state index in [-0.39, 0.29) is 41.9 Å². The van der Waals surface area contributed by atoms with Crippen molar-refractivity contribution in [3.63, 3.8) is 0 Å². The van der Waals surface area contributed by atoms with Gasteiger partial charge in [-0.2, -0.15) is 0 Å². The van der Waals surface area contributed by atoms with Crippen molar-refractivity contribution < 1.29 is 13.5 Å². The number of hydrogen-bond acceptors (Lipinski definition) is 6. The monoisotopic (exact) mass is 572 g/mol. The number of furan rings is 1. The van der Waals surface area contributed by atoms with Crippen LogP contribution in [0.3, 0.4) is 0 Å². The zero-order chi connectivity index (χ0) is 22.3. The van der Waals surface area contributed by atoms with Crippen LogP contribution in [0.1, 0.15) is 30.9 Å². The smallest absolute Gasteiger partial charge is 0.191 e. The van der Waals surface area contributed by atoms with Crippen LogP contribution in [0.4, 0.5) is 10.2 Å². The number of aromatic nitrogens is 1. The van der Waals surface area contributed by atoms with E-state index in [1.54, 1.807) is 12.3 Å². The molecule has 182 valence electrons. The number of nitrogens with zero attached hydrogens (tertiary/aromatic N) is 4. The average molecular weight is 572 g/mol. The Morgan fingerprint density at radius 2 is 2.09 bits per heavy atom. The second kappa shape index (κ2) is 12.5. The molecule has 0 aromatic carbocycles. The molecule has 2 aromatic rings. The number of morpholine rings is 1. The maximum Gasteiger partial charge on any atom is 0.191 e. The van der Waals surface area contributed by atoms with Gasteiger partial charge in [-0.05, 0) is 44.5 Å². The molecule has 10 heteroatoms.